The van der Waals surface area contributed by atoms with Crippen molar-refractivity contribution in [3.05, 3.63) is 11.6 Å². The van der Waals surface area contributed by atoms with Crippen LogP contribution in [0, 0.1) is 5.41 Å². The predicted molar refractivity (Wildman–Crippen MR) is 66.1 cm³/mol. The van der Waals surface area contributed by atoms with Crippen LogP contribution < -0.4 is 5.32 Å². The summed E-state index contributed by atoms with van der Waals surface area (Å²) in [5, 5.41) is 18.5. The minimum atomic E-state index is -0.238. The molecule has 3 N–H and O–H groups in total. The minimum absolute atomic E-state index is 0.118. The smallest absolute Gasteiger partial charge is 0.290 e. The van der Waals surface area contributed by atoms with Gasteiger partial charge in [-0.25, -0.2) is 4.98 Å². The summed E-state index contributed by atoms with van der Waals surface area (Å²) in [6.45, 7) is 2.83. The van der Waals surface area contributed by atoms with E-state index in [0.29, 0.717) is 6.54 Å². The Hall–Kier alpha value is -1.43. The van der Waals surface area contributed by atoms with E-state index in [-0.39, 0.29) is 23.8 Å². The summed E-state index contributed by atoms with van der Waals surface area (Å²) in [4.78, 5) is 16.0. The summed E-state index contributed by atoms with van der Waals surface area (Å²) in [6.07, 6.45) is 4.67. The van der Waals surface area contributed by atoms with Gasteiger partial charge in [0.15, 0.2) is 0 Å². The lowest BCUT2D eigenvalue weighted by Gasteiger charge is -2.13. The Balaban J connectivity index is 1.83. The van der Waals surface area contributed by atoms with Crippen molar-refractivity contribution < 1.29 is 9.90 Å². The standard InChI is InChI=1S/C12H20N4O2/c1-2-3-9-14-10(16-15-9)11(18)13-8-12(4-5-12)6-7-17/h17H,2-8H2,1H3,(H,13,18)(H,14,15,16). The number of nitrogens with zero attached hydrogens (tertiary/aromatic N) is 2. The maximum atomic E-state index is 11.8. The lowest BCUT2D eigenvalue weighted by molar-refractivity contribution is 0.0930. The third-order valence-corrected chi connectivity index (χ3v) is 3.44. The molecule has 1 fully saturated rings. The highest BCUT2D eigenvalue weighted by atomic mass is 16.3. The van der Waals surface area contributed by atoms with Gasteiger partial charge in [-0.05, 0) is 31.1 Å². The van der Waals surface area contributed by atoms with Crippen LogP contribution >= 0.6 is 0 Å². The van der Waals surface area contributed by atoms with E-state index >= 15 is 0 Å². The first-order chi connectivity index (χ1) is 8.69. The molecule has 1 amide bonds. The first-order valence-electron chi connectivity index (χ1n) is 6.49. The van der Waals surface area contributed by atoms with Crippen LogP contribution in [0.3, 0.4) is 0 Å². The lowest BCUT2D eigenvalue weighted by atomic mass is 10.0. The molecule has 0 bridgehead atoms. The Morgan fingerprint density at radius 1 is 1.56 bits per heavy atom. The number of aryl methyl sites for hydroxylation is 1. The van der Waals surface area contributed by atoms with Crippen LogP contribution in [0.1, 0.15) is 49.1 Å². The maximum Gasteiger partial charge on any atom is 0.290 e. The molecule has 1 heterocycles. The molecule has 100 valence electrons. The van der Waals surface area contributed by atoms with Gasteiger partial charge in [-0.15, -0.1) is 5.10 Å². The second kappa shape index (κ2) is 5.48. The average Bonchev–Trinajstić information content (AvgIpc) is 2.96. The van der Waals surface area contributed by atoms with Gasteiger partial charge in [0.2, 0.25) is 5.82 Å². The van der Waals surface area contributed by atoms with Crippen LogP contribution in [0.15, 0.2) is 0 Å². The van der Waals surface area contributed by atoms with E-state index in [9.17, 15) is 4.79 Å². The quantitative estimate of drug-likeness (QED) is 0.664. The Kier molecular flexibility index (Phi) is 3.96. The van der Waals surface area contributed by atoms with Crippen molar-refractivity contribution in [3.8, 4) is 0 Å². The van der Waals surface area contributed by atoms with Crippen molar-refractivity contribution >= 4 is 5.91 Å². The van der Waals surface area contributed by atoms with Crippen LogP contribution in [0.5, 0.6) is 0 Å². The van der Waals surface area contributed by atoms with Crippen molar-refractivity contribution in [1.29, 1.82) is 0 Å². The monoisotopic (exact) mass is 252 g/mol. The summed E-state index contributed by atoms with van der Waals surface area (Å²) in [7, 11) is 0. The van der Waals surface area contributed by atoms with Crippen molar-refractivity contribution in [2.75, 3.05) is 13.2 Å². The van der Waals surface area contributed by atoms with Crippen molar-refractivity contribution in [1.82, 2.24) is 20.5 Å². The van der Waals surface area contributed by atoms with E-state index < -0.39 is 0 Å². The topological polar surface area (TPSA) is 90.9 Å². The number of hydrogen-bond acceptors (Lipinski definition) is 4. The number of aromatic amines is 1. The highest BCUT2D eigenvalue weighted by molar-refractivity contribution is 5.90. The average molecular weight is 252 g/mol. The Bertz CT molecular complexity index is 412. The molecule has 18 heavy (non-hydrogen) atoms. The molecule has 0 aliphatic heterocycles. The molecule has 0 unspecified atom stereocenters. The number of carbonyl (C=O) groups excluding carboxylic acids is 1. The second-order valence-corrected chi connectivity index (χ2v) is 5.01. The number of carbonyl (C=O) groups is 1. The third kappa shape index (κ3) is 3.07. The van der Waals surface area contributed by atoms with E-state index in [4.69, 9.17) is 5.11 Å². The molecule has 6 nitrogen and oxygen atoms in total. The molecule has 2 rings (SSSR count). The van der Waals surface area contributed by atoms with Crippen molar-refractivity contribution in [3.63, 3.8) is 0 Å². The van der Waals surface area contributed by atoms with E-state index in [1.54, 1.807) is 0 Å². The molecule has 1 saturated carbocycles. The van der Waals surface area contributed by atoms with E-state index in [0.717, 1.165) is 37.9 Å². The zero-order valence-electron chi connectivity index (χ0n) is 10.7. The minimum Gasteiger partial charge on any atom is -0.396 e. The van der Waals surface area contributed by atoms with Gasteiger partial charge in [0.1, 0.15) is 5.82 Å². The van der Waals surface area contributed by atoms with Gasteiger partial charge in [0, 0.05) is 19.6 Å². The number of aromatic nitrogens is 3. The van der Waals surface area contributed by atoms with E-state index in [2.05, 4.69) is 20.5 Å². The van der Waals surface area contributed by atoms with Crippen LogP contribution in [0.4, 0.5) is 0 Å². The first-order valence-corrected chi connectivity index (χ1v) is 6.49. The molecule has 1 aliphatic rings. The lowest BCUT2D eigenvalue weighted by Crippen LogP contribution is -2.31. The molecular formula is C12H20N4O2. The molecule has 0 aromatic carbocycles. The molecular weight excluding hydrogens is 232 g/mol. The third-order valence-electron chi connectivity index (χ3n) is 3.44. The fraction of sp³-hybridized carbons (Fsp3) is 0.750. The van der Waals surface area contributed by atoms with Crippen LogP contribution in [0.2, 0.25) is 0 Å². The fourth-order valence-corrected chi connectivity index (χ4v) is 2.02. The van der Waals surface area contributed by atoms with E-state index in [1.165, 1.54) is 0 Å². The molecule has 0 radical (unpaired) electrons. The van der Waals surface area contributed by atoms with Crippen molar-refractivity contribution in [2.24, 2.45) is 5.41 Å². The Morgan fingerprint density at radius 3 is 2.94 bits per heavy atom. The molecule has 1 aliphatic carbocycles. The fourth-order valence-electron chi connectivity index (χ4n) is 2.02. The molecule has 0 saturated heterocycles. The van der Waals surface area contributed by atoms with Crippen LogP contribution in [0.25, 0.3) is 0 Å². The Labute approximate surface area is 106 Å². The highest BCUT2D eigenvalue weighted by Crippen LogP contribution is 2.47. The van der Waals surface area contributed by atoms with Crippen molar-refractivity contribution in [2.45, 2.75) is 39.0 Å². The number of amides is 1. The summed E-state index contributed by atoms with van der Waals surface area (Å²) in [5.74, 6) is 0.718. The number of aliphatic hydroxyl groups is 1. The van der Waals surface area contributed by atoms with Gasteiger partial charge in [0.05, 0.1) is 0 Å². The predicted octanol–water partition coefficient (Wildman–Crippen LogP) is 0.650. The summed E-state index contributed by atoms with van der Waals surface area (Å²) in [6, 6.07) is 0. The molecule has 0 atom stereocenters. The van der Waals surface area contributed by atoms with Crippen LogP contribution in [-0.4, -0.2) is 39.3 Å². The summed E-state index contributed by atoms with van der Waals surface area (Å²) < 4.78 is 0. The van der Waals surface area contributed by atoms with Gasteiger partial charge in [-0.2, -0.15) is 0 Å². The Morgan fingerprint density at radius 2 is 2.33 bits per heavy atom. The zero-order valence-corrected chi connectivity index (χ0v) is 10.7. The van der Waals surface area contributed by atoms with Gasteiger partial charge in [-0.1, -0.05) is 6.92 Å². The molecule has 1 aromatic heterocycles. The molecule has 6 heteroatoms. The van der Waals surface area contributed by atoms with Crippen LogP contribution in [-0.2, 0) is 6.42 Å². The number of hydrogen-bond donors (Lipinski definition) is 3. The largest absolute Gasteiger partial charge is 0.396 e. The summed E-state index contributed by atoms with van der Waals surface area (Å²) in [5.41, 5.74) is 0.118. The normalized spacial score (nSPS) is 16.6. The molecule has 0 spiro atoms. The van der Waals surface area contributed by atoms with E-state index in [1.807, 2.05) is 6.92 Å². The number of H-pyrrole nitrogens is 1. The maximum absolute atomic E-state index is 11.8. The number of nitrogens with one attached hydrogen (secondary N) is 2. The van der Waals surface area contributed by atoms with Gasteiger partial charge >= 0.3 is 0 Å². The SMILES string of the molecule is CCCc1nc(C(=O)NCC2(CCO)CC2)n[nH]1. The van der Waals surface area contributed by atoms with Gasteiger partial charge in [0.25, 0.3) is 5.91 Å². The second-order valence-electron chi connectivity index (χ2n) is 5.01. The zero-order chi connectivity index (χ0) is 13.0. The number of aliphatic hydroxyl groups excluding tert-OH is 1. The molecule has 1 aromatic rings. The first kappa shape index (κ1) is 13.0. The van der Waals surface area contributed by atoms with Gasteiger partial charge < -0.3 is 10.4 Å². The van der Waals surface area contributed by atoms with Gasteiger partial charge in [-0.3, -0.25) is 9.89 Å². The summed E-state index contributed by atoms with van der Waals surface area (Å²) >= 11 is 0. The number of rotatable bonds is 7. The highest BCUT2D eigenvalue weighted by Gasteiger charge is 2.42.